The van der Waals surface area contributed by atoms with Gasteiger partial charge >= 0.3 is 0 Å². The van der Waals surface area contributed by atoms with Crippen molar-refractivity contribution in [2.24, 2.45) is 5.73 Å². The van der Waals surface area contributed by atoms with Gasteiger partial charge in [0, 0.05) is 6.07 Å². The van der Waals surface area contributed by atoms with Gasteiger partial charge in [-0.25, -0.2) is 0 Å². The van der Waals surface area contributed by atoms with Crippen LogP contribution in [0.15, 0.2) is 10.6 Å². The molecule has 1 atom stereocenters. The van der Waals surface area contributed by atoms with Crippen LogP contribution in [0.4, 0.5) is 0 Å². The van der Waals surface area contributed by atoms with E-state index in [9.17, 15) is 0 Å². The molecule has 9 heavy (non-hydrogen) atoms. The molecular weight excluding hydrogens is 120 g/mol. The van der Waals surface area contributed by atoms with Gasteiger partial charge < -0.3 is 9.63 Å². The predicted octanol–water partition coefficient (Wildman–Crippen LogP) is -0.0674. The summed E-state index contributed by atoms with van der Waals surface area (Å²) in [5.41, 5.74) is 5.77. The van der Waals surface area contributed by atoms with Gasteiger partial charge in [0.05, 0.1) is 5.69 Å². The van der Waals surface area contributed by atoms with Gasteiger partial charge in [0.2, 0.25) is 0 Å². The Bertz CT molecular complexity index is 195. The zero-order chi connectivity index (χ0) is 6.85. The lowest BCUT2D eigenvalue weighted by Gasteiger charge is -1.93. The molecule has 1 rings (SSSR count). The van der Waals surface area contributed by atoms with Gasteiger partial charge in [-0.05, 0) is 6.92 Å². The lowest BCUT2D eigenvalue weighted by molar-refractivity contribution is 0.146. The lowest BCUT2D eigenvalue weighted by atomic mass is 10.4. The summed E-state index contributed by atoms with van der Waals surface area (Å²) in [5, 5.41) is 12.2. The number of hydrogen-bond donors (Lipinski definition) is 2. The van der Waals surface area contributed by atoms with Gasteiger partial charge in [-0.1, -0.05) is 5.16 Å². The van der Waals surface area contributed by atoms with Crippen molar-refractivity contribution in [1.29, 1.82) is 0 Å². The van der Waals surface area contributed by atoms with E-state index in [1.807, 2.05) is 0 Å². The van der Waals surface area contributed by atoms with Crippen LogP contribution in [-0.4, -0.2) is 10.3 Å². The molecule has 0 aliphatic carbocycles. The van der Waals surface area contributed by atoms with Crippen LogP contribution < -0.4 is 5.73 Å². The summed E-state index contributed by atoms with van der Waals surface area (Å²) in [7, 11) is 0. The van der Waals surface area contributed by atoms with E-state index in [1.165, 1.54) is 0 Å². The fourth-order valence-electron chi connectivity index (χ4n) is 0.523. The molecule has 0 aromatic carbocycles. The van der Waals surface area contributed by atoms with Crippen LogP contribution in [0.5, 0.6) is 0 Å². The van der Waals surface area contributed by atoms with E-state index in [4.69, 9.17) is 10.8 Å². The Morgan fingerprint density at radius 2 is 2.56 bits per heavy atom. The van der Waals surface area contributed by atoms with E-state index in [2.05, 4.69) is 9.68 Å². The van der Waals surface area contributed by atoms with Crippen molar-refractivity contribution in [3.05, 3.63) is 17.5 Å². The summed E-state index contributed by atoms with van der Waals surface area (Å²) in [6.07, 6.45) is -1.05. The summed E-state index contributed by atoms with van der Waals surface area (Å²) >= 11 is 0. The standard InChI is InChI=1S/C5H8N2O2/c1-3-2-4(5(6)8)9-7-3/h2,5,8H,6H2,1H3. The van der Waals surface area contributed by atoms with Gasteiger partial charge in [-0.2, -0.15) is 0 Å². The highest BCUT2D eigenvalue weighted by Crippen LogP contribution is 2.07. The van der Waals surface area contributed by atoms with Gasteiger partial charge in [-0.15, -0.1) is 0 Å². The summed E-state index contributed by atoms with van der Waals surface area (Å²) in [5.74, 6) is 0.299. The molecule has 3 N–H and O–H groups in total. The molecule has 0 amide bonds. The van der Waals surface area contributed by atoms with E-state index in [-0.39, 0.29) is 0 Å². The van der Waals surface area contributed by atoms with Crippen LogP contribution in [0, 0.1) is 6.92 Å². The number of nitrogens with zero attached hydrogens (tertiary/aromatic N) is 1. The first-order valence-corrected chi connectivity index (χ1v) is 2.57. The Morgan fingerprint density at radius 1 is 1.89 bits per heavy atom. The smallest absolute Gasteiger partial charge is 0.180 e. The SMILES string of the molecule is Cc1cc(C(N)O)on1. The molecule has 1 aromatic rings. The minimum absolute atomic E-state index is 0.299. The number of rotatable bonds is 1. The number of aromatic nitrogens is 1. The monoisotopic (exact) mass is 128 g/mol. The quantitative estimate of drug-likeness (QED) is 0.519. The number of aryl methyl sites for hydroxylation is 1. The Kier molecular flexibility index (Phi) is 1.50. The van der Waals surface area contributed by atoms with E-state index in [0.717, 1.165) is 5.69 Å². The van der Waals surface area contributed by atoms with Crippen LogP contribution >= 0.6 is 0 Å². The van der Waals surface area contributed by atoms with Crippen LogP contribution in [0.1, 0.15) is 17.7 Å². The van der Waals surface area contributed by atoms with Crippen molar-refractivity contribution >= 4 is 0 Å². The minimum atomic E-state index is -1.05. The maximum absolute atomic E-state index is 8.68. The second kappa shape index (κ2) is 2.16. The van der Waals surface area contributed by atoms with Gasteiger partial charge in [0.25, 0.3) is 0 Å². The van der Waals surface area contributed by atoms with Crippen molar-refractivity contribution in [3.63, 3.8) is 0 Å². The maximum Gasteiger partial charge on any atom is 0.180 e. The highest BCUT2D eigenvalue weighted by Gasteiger charge is 2.05. The van der Waals surface area contributed by atoms with Crippen LogP contribution in [0.2, 0.25) is 0 Å². The molecule has 0 spiro atoms. The molecule has 1 aromatic heterocycles. The number of nitrogens with two attached hydrogens (primary N) is 1. The Balaban J connectivity index is 2.85. The molecular formula is C5H8N2O2. The number of hydrogen-bond acceptors (Lipinski definition) is 4. The fourth-order valence-corrected chi connectivity index (χ4v) is 0.523. The normalized spacial score (nSPS) is 13.7. The Morgan fingerprint density at radius 3 is 2.78 bits per heavy atom. The van der Waals surface area contributed by atoms with Crippen molar-refractivity contribution in [3.8, 4) is 0 Å². The fraction of sp³-hybridized carbons (Fsp3) is 0.400. The van der Waals surface area contributed by atoms with Crippen molar-refractivity contribution in [1.82, 2.24) is 5.16 Å². The number of aliphatic hydroxyl groups excluding tert-OH is 1. The van der Waals surface area contributed by atoms with E-state index in [0.29, 0.717) is 5.76 Å². The molecule has 0 bridgehead atoms. The first kappa shape index (κ1) is 6.25. The minimum Gasteiger partial charge on any atom is -0.371 e. The molecule has 0 radical (unpaired) electrons. The average molecular weight is 128 g/mol. The molecule has 0 aliphatic rings. The molecule has 4 heteroatoms. The topological polar surface area (TPSA) is 72.3 Å². The third-order valence-electron chi connectivity index (χ3n) is 0.938. The largest absolute Gasteiger partial charge is 0.371 e. The highest BCUT2D eigenvalue weighted by molar-refractivity contribution is 5.04. The summed E-state index contributed by atoms with van der Waals surface area (Å²) < 4.78 is 4.60. The zero-order valence-electron chi connectivity index (χ0n) is 5.03. The Hall–Kier alpha value is -0.870. The molecule has 50 valence electrons. The van der Waals surface area contributed by atoms with Gasteiger partial charge in [0.15, 0.2) is 12.0 Å². The second-order valence-corrected chi connectivity index (χ2v) is 1.82. The maximum atomic E-state index is 8.68. The second-order valence-electron chi connectivity index (χ2n) is 1.82. The first-order chi connectivity index (χ1) is 4.20. The highest BCUT2D eigenvalue weighted by atomic mass is 16.5. The first-order valence-electron chi connectivity index (χ1n) is 2.57. The summed E-state index contributed by atoms with van der Waals surface area (Å²) in [4.78, 5) is 0. The molecule has 1 unspecified atom stereocenters. The predicted molar refractivity (Wildman–Crippen MR) is 30.4 cm³/mol. The van der Waals surface area contributed by atoms with Crippen molar-refractivity contribution < 1.29 is 9.63 Å². The van der Waals surface area contributed by atoms with Gasteiger partial charge in [0.1, 0.15) is 0 Å². The molecule has 0 aliphatic heterocycles. The summed E-state index contributed by atoms with van der Waals surface area (Å²) in [6.45, 7) is 1.76. The average Bonchev–Trinajstić information content (AvgIpc) is 2.14. The molecule has 0 fully saturated rings. The molecule has 0 saturated heterocycles. The zero-order valence-corrected chi connectivity index (χ0v) is 5.03. The third-order valence-corrected chi connectivity index (χ3v) is 0.938. The lowest BCUT2D eigenvalue weighted by Crippen LogP contribution is -2.06. The van der Waals surface area contributed by atoms with E-state index < -0.39 is 6.23 Å². The van der Waals surface area contributed by atoms with E-state index in [1.54, 1.807) is 13.0 Å². The van der Waals surface area contributed by atoms with Crippen LogP contribution in [0.3, 0.4) is 0 Å². The molecule has 1 heterocycles. The third kappa shape index (κ3) is 1.28. The van der Waals surface area contributed by atoms with Crippen molar-refractivity contribution in [2.45, 2.75) is 13.2 Å². The van der Waals surface area contributed by atoms with Crippen LogP contribution in [-0.2, 0) is 0 Å². The number of aliphatic hydroxyl groups is 1. The van der Waals surface area contributed by atoms with Crippen LogP contribution in [0.25, 0.3) is 0 Å². The molecule has 0 saturated carbocycles. The van der Waals surface area contributed by atoms with E-state index >= 15 is 0 Å². The van der Waals surface area contributed by atoms with Gasteiger partial charge in [-0.3, -0.25) is 5.73 Å². The van der Waals surface area contributed by atoms with Crippen molar-refractivity contribution in [2.75, 3.05) is 0 Å². The summed E-state index contributed by atoms with van der Waals surface area (Å²) in [6, 6.07) is 1.59. The molecule has 4 nitrogen and oxygen atoms in total. The Labute approximate surface area is 52.3 Å².